The Bertz CT molecular complexity index is 843. The molecule has 8 nitrogen and oxygen atoms in total. The fourth-order valence-corrected chi connectivity index (χ4v) is 3.35. The van der Waals surface area contributed by atoms with Crippen molar-refractivity contribution in [2.24, 2.45) is 0 Å². The number of aryl methyl sites for hydroxylation is 1. The Labute approximate surface area is 144 Å². The number of anilines is 2. The van der Waals surface area contributed by atoms with Crippen LogP contribution < -0.4 is 9.80 Å². The van der Waals surface area contributed by atoms with Gasteiger partial charge in [0.1, 0.15) is 6.20 Å². The van der Waals surface area contributed by atoms with Gasteiger partial charge >= 0.3 is 5.69 Å². The van der Waals surface area contributed by atoms with Gasteiger partial charge in [0.15, 0.2) is 0 Å². The molecule has 0 unspecified atom stereocenters. The maximum atomic E-state index is 13.0. The quantitative estimate of drug-likeness (QED) is 0.630. The lowest BCUT2D eigenvalue weighted by atomic mass is 10.1. The number of hydrogen-bond acceptors (Lipinski definition) is 5. The summed E-state index contributed by atoms with van der Waals surface area (Å²) >= 11 is 0. The van der Waals surface area contributed by atoms with Crippen LogP contribution >= 0.6 is 0 Å². The Morgan fingerprint density at radius 2 is 2.00 bits per heavy atom. The van der Waals surface area contributed by atoms with Crippen LogP contribution in [0.4, 0.5) is 17.1 Å². The molecule has 0 bridgehead atoms. The fraction of sp³-hybridized carbons (Fsp3) is 0.412. The molecule has 25 heavy (non-hydrogen) atoms. The molecule has 1 amide bonds. The monoisotopic (exact) mass is 341 g/mol. The molecule has 2 aliphatic rings. The maximum absolute atomic E-state index is 13.0. The predicted octanol–water partition coefficient (Wildman–Crippen LogP) is 2.44. The number of nitro groups is 1. The third kappa shape index (κ3) is 2.63. The van der Waals surface area contributed by atoms with E-state index < -0.39 is 10.8 Å². The first kappa shape index (κ1) is 15.6. The standard InChI is InChI=1S/C17H19N5O3/c1-2-19-11-15(22(24)25)16(18-19)17(23)21-10-9-20(12-7-8-12)13-5-3-4-6-14(13)21/h3-6,11-12H,2,7-10H2,1H3. The molecule has 0 atom stereocenters. The molecule has 8 heteroatoms. The number of carbonyl (C=O) groups is 1. The molecular weight excluding hydrogens is 322 g/mol. The molecule has 0 spiro atoms. The first-order valence-corrected chi connectivity index (χ1v) is 8.49. The molecule has 0 radical (unpaired) electrons. The SMILES string of the molecule is CCn1cc([N+](=O)[O-])c(C(=O)N2CCN(C3CC3)c3ccccc32)n1. The number of aromatic nitrogens is 2. The van der Waals surface area contributed by atoms with E-state index in [1.165, 1.54) is 23.7 Å². The van der Waals surface area contributed by atoms with Gasteiger partial charge in [-0.3, -0.25) is 19.6 Å². The molecule has 1 aromatic carbocycles. The molecular formula is C17H19N5O3. The summed E-state index contributed by atoms with van der Waals surface area (Å²) in [4.78, 5) is 27.7. The molecule has 0 N–H and O–H groups in total. The zero-order chi connectivity index (χ0) is 17.6. The van der Waals surface area contributed by atoms with Crippen LogP contribution in [0.3, 0.4) is 0 Å². The molecule has 1 saturated carbocycles. The van der Waals surface area contributed by atoms with Crippen LogP contribution in [0, 0.1) is 10.1 Å². The number of benzene rings is 1. The van der Waals surface area contributed by atoms with E-state index >= 15 is 0 Å². The van der Waals surface area contributed by atoms with Gasteiger partial charge in [-0.05, 0) is 31.9 Å². The molecule has 2 heterocycles. The smallest absolute Gasteiger partial charge is 0.320 e. The Balaban J connectivity index is 1.72. The summed E-state index contributed by atoms with van der Waals surface area (Å²) in [5.74, 6) is -0.415. The lowest BCUT2D eigenvalue weighted by molar-refractivity contribution is -0.385. The number of hydrogen-bond donors (Lipinski definition) is 0. The molecule has 4 rings (SSSR count). The van der Waals surface area contributed by atoms with Gasteiger partial charge in [-0.25, -0.2) is 0 Å². The van der Waals surface area contributed by atoms with E-state index in [0.29, 0.717) is 19.1 Å². The van der Waals surface area contributed by atoms with Crippen molar-refractivity contribution in [2.75, 3.05) is 22.9 Å². The molecule has 130 valence electrons. The van der Waals surface area contributed by atoms with Gasteiger partial charge < -0.3 is 9.80 Å². The highest BCUT2D eigenvalue weighted by Crippen LogP contribution is 2.40. The van der Waals surface area contributed by atoms with Crippen molar-refractivity contribution in [1.29, 1.82) is 0 Å². The number of nitrogens with zero attached hydrogens (tertiary/aromatic N) is 5. The average Bonchev–Trinajstić information content (AvgIpc) is 3.37. The van der Waals surface area contributed by atoms with Crippen LogP contribution in [0.2, 0.25) is 0 Å². The molecule has 2 aromatic rings. The van der Waals surface area contributed by atoms with Crippen molar-refractivity contribution in [1.82, 2.24) is 9.78 Å². The number of para-hydroxylation sites is 2. The largest absolute Gasteiger partial charge is 0.365 e. The lowest BCUT2D eigenvalue weighted by Gasteiger charge is -2.37. The maximum Gasteiger partial charge on any atom is 0.320 e. The van der Waals surface area contributed by atoms with E-state index in [2.05, 4.69) is 10.00 Å². The zero-order valence-corrected chi connectivity index (χ0v) is 14.0. The Hall–Kier alpha value is -2.90. The van der Waals surface area contributed by atoms with Crippen LogP contribution in [0.25, 0.3) is 0 Å². The molecule has 1 aliphatic heterocycles. The highest BCUT2D eigenvalue weighted by Gasteiger charge is 2.37. The van der Waals surface area contributed by atoms with Gasteiger partial charge in [0.2, 0.25) is 5.69 Å². The fourth-order valence-electron chi connectivity index (χ4n) is 3.35. The average molecular weight is 341 g/mol. The Kier molecular flexibility index (Phi) is 3.67. The van der Waals surface area contributed by atoms with Crippen molar-refractivity contribution in [3.63, 3.8) is 0 Å². The van der Waals surface area contributed by atoms with Crippen LogP contribution in [-0.2, 0) is 6.54 Å². The molecule has 1 aliphatic carbocycles. The van der Waals surface area contributed by atoms with Gasteiger partial charge in [-0.2, -0.15) is 5.10 Å². The highest BCUT2D eigenvalue weighted by molar-refractivity contribution is 6.09. The van der Waals surface area contributed by atoms with Crippen LogP contribution in [0.1, 0.15) is 30.3 Å². The van der Waals surface area contributed by atoms with E-state index in [1.807, 2.05) is 31.2 Å². The van der Waals surface area contributed by atoms with Crippen molar-refractivity contribution >= 4 is 23.0 Å². The summed E-state index contributed by atoms with van der Waals surface area (Å²) < 4.78 is 1.43. The van der Waals surface area contributed by atoms with Gasteiger partial charge in [0.05, 0.1) is 16.3 Å². The zero-order valence-electron chi connectivity index (χ0n) is 14.0. The second kappa shape index (κ2) is 5.87. The third-order valence-corrected chi connectivity index (χ3v) is 4.74. The minimum absolute atomic E-state index is 0.0958. The highest BCUT2D eigenvalue weighted by atomic mass is 16.6. The summed E-state index contributed by atoms with van der Waals surface area (Å²) in [7, 11) is 0. The van der Waals surface area contributed by atoms with Crippen molar-refractivity contribution in [2.45, 2.75) is 32.4 Å². The van der Waals surface area contributed by atoms with E-state index in [1.54, 1.807) is 4.90 Å². The molecule has 1 fully saturated rings. The van der Waals surface area contributed by atoms with Crippen LogP contribution in [0.5, 0.6) is 0 Å². The molecule has 1 aromatic heterocycles. The number of fused-ring (bicyclic) bond motifs is 1. The van der Waals surface area contributed by atoms with E-state index in [4.69, 9.17) is 0 Å². The van der Waals surface area contributed by atoms with E-state index in [0.717, 1.165) is 17.9 Å². The number of carbonyl (C=O) groups excluding carboxylic acids is 1. The van der Waals surface area contributed by atoms with Crippen molar-refractivity contribution in [3.8, 4) is 0 Å². The Morgan fingerprint density at radius 3 is 2.64 bits per heavy atom. The summed E-state index contributed by atoms with van der Waals surface area (Å²) in [6, 6.07) is 8.29. The second-order valence-electron chi connectivity index (χ2n) is 6.35. The predicted molar refractivity (Wildman–Crippen MR) is 93.0 cm³/mol. The van der Waals surface area contributed by atoms with E-state index in [-0.39, 0.29) is 11.4 Å². The summed E-state index contributed by atoms with van der Waals surface area (Å²) in [5, 5.41) is 15.4. The number of amides is 1. The first-order chi connectivity index (χ1) is 12.1. The Morgan fingerprint density at radius 1 is 1.28 bits per heavy atom. The normalized spacial score (nSPS) is 16.7. The van der Waals surface area contributed by atoms with Gasteiger partial charge in [-0.1, -0.05) is 12.1 Å². The summed E-state index contributed by atoms with van der Waals surface area (Å²) in [5.41, 5.74) is 1.48. The summed E-state index contributed by atoms with van der Waals surface area (Å²) in [6.07, 6.45) is 3.67. The lowest BCUT2D eigenvalue weighted by Crippen LogP contribution is -2.45. The second-order valence-corrected chi connectivity index (χ2v) is 6.35. The summed E-state index contributed by atoms with van der Waals surface area (Å²) in [6.45, 7) is 3.53. The number of rotatable bonds is 4. The van der Waals surface area contributed by atoms with Crippen molar-refractivity contribution in [3.05, 3.63) is 46.3 Å². The molecule has 0 saturated heterocycles. The minimum Gasteiger partial charge on any atom is -0.365 e. The van der Waals surface area contributed by atoms with E-state index in [9.17, 15) is 14.9 Å². The van der Waals surface area contributed by atoms with Crippen LogP contribution in [-0.4, -0.2) is 39.7 Å². The van der Waals surface area contributed by atoms with Gasteiger partial charge in [-0.15, -0.1) is 0 Å². The van der Waals surface area contributed by atoms with Gasteiger partial charge in [0, 0.05) is 25.7 Å². The third-order valence-electron chi connectivity index (χ3n) is 4.74. The minimum atomic E-state index is -0.543. The van der Waals surface area contributed by atoms with Crippen molar-refractivity contribution < 1.29 is 9.72 Å². The first-order valence-electron chi connectivity index (χ1n) is 8.49. The van der Waals surface area contributed by atoms with Gasteiger partial charge in [0.25, 0.3) is 5.91 Å². The topological polar surface area (TPSA) is 84.5 Å². The van der Waals surface area contributed by atoms with Crippen LogP contribution in [0.15, 0.2) is 30.5 Å².